The molecule has 0 amide bonds. The van der Waals surface area contributed by atoms with Crippen molar-refractivity contribution in [2.75, 3.05) is 0 Å². The van der Waals surface area contributed by atoms with Gasteiger partial charge in [-0.15, -0.1) is 0 Å². The highest BCUT2D eigenvalue weighted by Gasteiger charge is 2.11. The number of fused-ring (bicyclic) bond motifs is 1. The third-order valence-corrected chi connectivity index (χ3v) is 1.98. The standard InChI is InChI=1S/C7H4BrN2/c8-6-4-10-7-5(6)2-1-3-9-7/h1-4H. The van der Waals surface area contributed by atoms with Gasteiger partial charge in [-0.3, -0.25) is 0 Å². The Kier molecular flexibility index (Phi) is 1.24. The Hall–Kier alpha value is -0.830. The van der Waals surface area contributed by atoms with E-state index in [0.29, 0.717) is 0 Å². The average molecular weight is 196 g/mol. The summed E-state index contributed by atoms with van der Waals surface area (Å²) in [6.45, 7) is 0. The van der Waals surface area contributed by atoms with Gasteiger partial charge in [-0.2, -0.15) is 0 Å². The Labute approximate surface area is 67.1 Å². The van der Waals surface area contributed by atoms with Gasteiger partial charge >= 0.3 is 0 Å². The highest BCUT2D eigenvalue weighted by Crippen LogP contribution is 2.31. The Balaban J connectivity index is 2.61. The van der Waals surface area contributed by atoms with Gasteiger partial charge in [-0.05, 0) is 28.1 Å². The summed E-state index contributed by atoms with van der Waals surface area (Å²) in [7, 11) is 0. The van der Waals surface area contributed by atoms with Crippen LogP contribution in [0.3, 0.4) is 0 Å². The molecular formula is C7H4BrN2. The monoisotopic (exact) mass is 195 g/mol. The number of aromatic nitrogens is 1. The Morgan fingerprint density at radius 2 is 2.30 bits per heavy atom. The average Bonchev–Trinajstić information content (AvgIpc) is 2.34. The predicted octanol–water partition coefficient (Wildman–Crippen LogP) is 2.02. The summed E-state index contributed by atoms with van der Waals surface area (Å²) in [5.41, 5.74) is 1.07. The van der Waals surface area contributed by atoms with Gasteiger partial charge in [0.05, 0.1) is 0 Å². The van der Waals surface area contributed by atoms with E-state index < -0.39 is 0 Å². The van der Waals surface area contributed by atoms with Gasteiger partial charge < -0.3 is 0 Å². The van der Waals surface area contributed by atoms with Crippen LogP contribution in [0.4, 0.5) is 5.82 Å². The summed E-state index contributed by atoms with van der Waals surface area (Å²) in [6, 6.07) is 3.88. The first-order chi connectivity index (χ1) is 4.88. The molecule has 0 saturated heterocycles. The van der Waals surface area contributed by atoms with Crippen molar-refractivity contribution in [2.45, 2.75) is 0 Å². The molecule has 0 N–H and O–H groups in total. The minimum Gasteiger partial charge on any atom is -0.237 e. The van der Waals surface area contributed by atoms with Gasteiger partial charge in [0.15, 0.2) is 5.82 Å². The minimum atomic E-state index is 0.800. The zero-order valence-corrected chi connectivity index (χ0v) is 6.67. The molecule has 0 atom stereocenters. The summed E-state index contributed by atoms with van der Waals surface area (Å²) in [5.74, 6) is 0.800. The van der Waals surface area contributed by atoms with E-state index in [4.69, 9.17) is 0 Å². The van der Waals surface area contributed by atoms with Crippen LogP contribution < -0.4 is 5.32 Å². The molecule has 0 aromatic carbocycles. The fourth-order valence-electron chi connectivity index (χ4n) is 0.874. The summed E-state index contributed by atoms with van der Waals surface area (Å²) in [4.78, 5) is 4.06. The molecule has 0 fully saturated rings. The van der Waals surface area contributed by atoms with Crippen molar-refractivity contribution in [2.24, 2.45) is 0 Å². The molecule has 1 aromatic rings. The van der Waals surface area contributed by atoms with Crippen LogP contribution in [0.5, 0.6) is 0 Å². The van der Waals surface area contributed by atoms with E-state index in [1.165, 1.54) is 0 Å². The SMILES string of the molecule is BrC1=C[N]c2ncccc21. The fourth-order valence-corrected chi connectivity index (χ4v) is 1.29. The lowest BCUT2D eigenvalue weighted by molar-refractivity contribution is 1.12. The summed E-state index contributed by atoms with van der Waals surface area (Å²) in [5, 5.41) is 4.06. The fraction of sp³-hybridized carbons (Fsp3) is 0. The maximum Gasteiger partial charge on any atom is 0.160 e. The van der Waals surface area contributed by atoms with Crippen LogP contribution in [0, 0.1) is 0 Å². The molecule has 1 aromatic heterocycles. The van der Waals surface area contributed by atoms with E-state index in [1.807, 2.05) is 12.1 Å². The van der Waals surface area contributed by atoms with Crippen molar-refractivity contribution in [3.63, 3.8) is 0 Å². The zero-order chi connectivity index (χ0) is 6.97. The first kappa shape index (κ1) is 5.92. The Bertz CT molecular complexity index is 293. The number of pyridine rings is 1. The summed E-state index contributed by atoms with van der Waals surface area (Å²) >= 11 is 3.36. The van der Waals surface area contributed by atoms with E-state index in [1.54, 1.807) is 12.4 Å². The Morgan fingerprint density at radius 1 is 1.40 bits per heavy atom. The van der Waals surface area contributed by atoms with E-state index >= 15 is 0 Å². The number of hydrogen-bond donors (Lipinski definition) is 0. The Morgan fingerprint density at radius 3 is 3.10 bits per heavy atom. The third kappa shape index (κ3) is 0.743. The normalized spacial score (nSPS) is 13.9. The van der Waals surface area contributed by atoms with E-state index in [2.05, 4.69) is 26.2 Å². The molecule has 10 heavy (non-hydrogen) atoms. The molecule has 0 bridgehead atoms. The van der Waals surface area contributed by atoms with Crippen LogP contribution in [0.1, 0.15) is 5.56 Å². The third-order valence-electron chi connectivity index (χ3n) is 1.34. The number of halogens is 1. The molecule has 1 aliphatic rings. The molecule has 2 nitrogen and oxygen atoms in total. The molecule has 2 rings (SSSR count). The van der Waals surface area contributed by atoms with Gasteiger partial charge in [-0.25, -0.2) is 10.3 Å². The van der Waals surface area contributed by atoms with Crippen molar-refractivity contribution < 1.29 is 0 Å². The topological polar surface area (TPSA) is 27.0 Å². The molecule has 2 heterocycles. The van der Waals surface area contributed by atoms with Crippen molar-refractivity contribution in [1.29, 1.82) is 0 Å². The van der Waals surface area contributed by atoms with Crippen molar-refractivity contribution in [1.82, 2.24) is 10.3 Å². The van der Waals surface area contributed by atoms with Crippen LogP contribution in [0.2, 0.25) is 0 Å². The second-order valence-corrected chi connectivity index (χ2v) is 2.84. The van der Waals surface area contributed by atoms with Crippen molar-refractivity contribution >= 4 is 26.2 Å². The molecule has 0 spiro atoms. The zero-order valence-electron chi connectivity index (χ0n) is 5.08. The molecule has 0 unspecified atom stereocenters. The molecule has 0 saturated carbocycles. The van der Waals surface area contributed by atoms with Gasteiger partial charge in [-0.1, -0.05) is 0 Å². The van der Waals surface area contributed by atoms with Crippen LogP contribution in [0.15, 0.2) is 24.5 Å². The van der Waals surface area contributed by atoms with Gasteiger partial charge in [0.1, 0.15) is 0 Å². The van der Waals surface area contributed by atoms with E-state index in [-0.39, 0.29) is 0 Å². The summed E-state index contributed by atoms with van der Waals surface area (Å²) < 4.78 is 1.01. The van der Waals surface area contributed by atoms with Gasteiger partial charge in [0.2, 0.25) is 0 Å². The van der Waals surface area contributed by atoms with Crippen LogP contribution in [0.25, 0.3) is 4.48 Å². The molecule has 1 aliphatic heterocycles. The second kappa shape index (κ2) is 2.09. The lowest BCUT2D eigenvalue weighted by atomic mass is 10.3. The smallest absolute Gasteiger partial charge is 0.160 e. The molecule has 3 heteroatoms. The van der Waals surface area contributed by atoms with Gasteiger partial charge in [0, 0.05) is 22.4 Å². The quantitative estimate of drug-likeness (QED) is 0.623. The lowest BCUT2D eigenvalue weighted by Gasteiger charge is -1.93. The molecular weight excluding hydrogens is 192 g/mol. The molecule has 1 radical (unpaired) electrons. The highest BCUT2D eigenvalue weighted by molar-refractivity contribution is 9.15. The van der Waals surface area contributed by atoms with E-state index in [0.717, 1.165) is 15.9 Å². The molecule has 49 valence electrons. The second-order valence-electron chi connectivity index (χ2n) is 1.98. The van der Waals surface area contributed by atoms with Gasteiger partial charge in [0.25, 0.3) is 0 Å². The van der Waals surface area contributed by atoms with E-state index in [9.17, 15) is 0 Å². The van der Waals surface area contributed by atoms with Crippen LogP contribution in [-0.2, 0) is 0 Å². The van der Waals surface area contributed by atoms with Crippen molar-refractivity contribution in [3.8, 4) is 0 Å². The lowest BCUT2D eigenvalue weighted by Crippen LogP contribution is -1.84. The number of nitrogens with zero attached hydrogens (tertiary/aromatic N) is 2. The molecule has 0 aliphatic carbocycles. The number of rotatable bonds is 0. The van der Waals surface area contributed by atoms with Crippen LogP contribution >= 0.6 is 15.9 Å². The first-order valence-corrected chi connectivity index (χ1v) is 3.69. The highest BCUT2D eigenvalue weighted by atomic mass is 79.9. The first-order valence-electron chi connectivity index (χ1n) is 2.90. The predicted molar refractivity (Wildman–Crippen MR) is 42.9 cm³/mol. The largest absolute Gasteiger partial charge is 0.237 e. The number of hydrogen-bond acceptors (Lipinski definition) is 1. The maximum atomic E-state index is 4.06. The minimum absolute atomic E-state index is 0.800. The van der Waals surface area contributed by atoms with Crippen molar-refractivity contribution in [3.05, 3.63) is 30.1 Å². The van der Waals surface area contributed by atoms with Crippen LogP contribution in [-0.4, -0.2) is 4.98 Å². The summed E-state index contributed by atoms with van der Waals surface area (Å²) in [6.07, 6.45) is 3.50. The maximum absolute atomic E-state index is 4.06.